The van der Waals surface area contributed by atoms with Crippen molar-refractivity contribution in [3.05, 3.63) is 46.0 Å². The zero-order valence-electron chi connectivity index (χ0n) is 10.9. The molecule has 1 unspecified atom stereocenters. The van der Waals surface area contributed by atoms with Crippen LogP contribution in [0.5, 0.6) is 0 Å². The van der Waals surface area contributed by atoms with Crippen LogP contribution >= 0.6 is 23.2 Å². The molecule has 4 nitrogen and oxygen atoms in total. The van der Waals surface area contributed by atoms with E-state index in [-0.39, 0.29) is 6.04 Å². The highest BCUT2D eigenvalue weighted by Crippen LogP contribution is 2.31. The molecule has 6 heteroatoms. The van der Waals surface area contributed by atoms with Crippen molar-refractivity contribution in [2.45, 2.75) is 25.9 Å². The van der Waals surface area contributed by atoms with Crippen molar-refractivity contribution in [2.75, 3.05) is 7.05 Å². The second kappa shape index (κ2) is 6.37. The number of hydrogen-bond donors (Lipinski definition) is 1. The average molecular weight is 299 g/mol. The van der Waals surface area contributed by atoms with E-state index in [2.05, 4.69) is 15.4 Å². The van der Waals surface area contributed by atoms with E-state index in [9.17, 15) is 0 Å². The van der Waals surface area contributed by atoms with Gasteiger partial charge in [-0.05, 0) is 26.1 Å². The fraction of sp³-hybridized carbons (Fsp3) is 0.385. The maximum atomic E-state index is 6.25. The fourth-order valence-electron chi connectivity index (χ4n) is 2.08. The monoisotopic (exact) mass is 298 g/mol. The SMILES string of the molecule is CCn1ncnc1CC(NC)c1c(Cl)cccc1Cl. The van der Waals surface area contributed by atoms with Crippen LogP contribution < -0.4 is 5.32 Å². The summed E-state index contributed by atoms with van der Waals surface area (Å²) in [6, 6.07) is 5.54. The lowest BCUT2D eigenvalue weighted by Crippen LogP contribution is -2.21. The van der Waals surface area contributed by atoms with E-state index in [0.717, 1.165) is 17.9 Å². The molecule has 0 aliphatic carbocycles. The van der Waals surface area contributed by atoms with Crippen molar-refractivity contribution < 1.29 is 0 Å². The lowest BCUT2D eigenvalue weighted by Gasteiger charge is -2.19. The van der Waals surface area contributed by atoms with Crippen LogP contribution in [-0.2, 0) is 13.0 Å². The summed E-state index contributed by atoms with van der Waals surface area (Å²) in [6.45, 7) is 2.83. The van der Waals surface area contributed by atoms with E-state index in [1.54, 1.807) is 6.33 Å². The molecule has 0 amide bonds. The Labute approximate surface area is 122 Å². The smallest absolute Gasteiger partial charge is 0.138 e. The van der Waals surface area contributed by atoms with Crippen molar-refractivity contribution in [1.29, 1.82) is 0 Å². The Morgan fingerprint density at radius 3 is 2.58 bits per heavy atom. The second-order valence-electron chi connectivity index (χ2n) is 4.17. The molecule has 0 saturated heterocycles. The summed E-state index contributed by atoms with van der Waals surface area (Å²) < 4.78 is 1.87. The van der Waals surface area contributed by atoms with Gasteiger partial charge in [0.15, 0.2) is 0 Å². The van der Waals surface area contributed by atoms with E-state index in [1.807, 2.05) is 36.9 Å². The summed E-state index contributed by atoms with van der Waals surface area (Å²) in [7, 11) is 1.89. The molecule has 19 heavy (non-hydrogen) atoms. The first-order valence-electron chi connectivity index (χ1n) is 6.15. The third-order valence-corrected chi connectivity index (χ3v) is 3.74. The molecule has 2 rings (SSSR count). The molecule has 0 aliphatic heterocycles. The van der Waals surface area contributed by atoms with Crippen LogP contribution in [0.1, 0.15) is 24.4 Å². The zero-order chi connectivity index (χ0) is 13.8. The van der Waals surface area contributed by atoms with E-state index < -0.39 is 0 Å². The molecule has 0 saturated carbocycles. The van der Waals surface area contributed by atoms with Crippen molar-refractivity contribution in [3.8, 4) is 0 Å². The van der Waals surface area contributed by atoms with Crippen LogP contribution in [-0.4, -0.2) is 21.8 Å². The number of benzene rings is 1. The molecule has 1 N–H and O–H groups in total. The van der Waals surface area contributed by atoms with Gasteiger partial charge in [0.25, 0.3) is 0 Å². The van der Waals surface area contributed by atoms with Crippen molar-refractivity contribution in [3.63, 3.8) is 0 Å². The Kier molecular flexibility index (Phi) is 4.80. The molecule has 0 bridgehead atoms. The Bertz CT molecular complexity index is 533. The van der Waals surface area contributed by atoms with Crippen LogP contribution in [0.2, 0.25) is 10.0 Å². The van der Waals surface area contributed by atoms with E-state index in [4.69, 9.17) is 23.2 Å². The summed E-state index contributed by atoms with van der Waals surface area (Å²) in [5.74, 6) is 0.915. The first-order valence-corrected chi connectivity index (χ1v) is 6.90. The van der Waals surface area contributed by atoms with E-state index in [1.165, 1.54) is 0 Å². The normalized spacial score (nSPS) is 12.6. The number of likely N-dealkylation sites (N-methyl/N-ethyl adjacent to an activating group) is 1. The van der Waals surface area contributed by atoms with Crippen molar-refractivity contribution in [1.82, 2.24) is 20.1 Å². The van der Waals surface area contributed by atoms with Gasteiger partial charge in [-0.2, -0.15) is 5.10 Å². The van der Waals surface area contributed by atoms with Gasteiger partial charge in [-0.25, -0.2) is 4.98 Å². The van der Waals surface area contributed by atoms with E-state index in [0.29, 0.717) is 16.5 Å². The van der Waals surface area contributed by atoms with Crippen LogP contribution in [0.4, 0.5) is 0 Å². The Morgan fingerprint density at radius 1 is 1.32 bits per heavy atom. The first-order chi connectivity index (χ1) is 9.17. The number of aryl methyl sites for hydroxylation is 1. The highest BCUT2D eigenvalue weighted by molar-refractivity contribution is 6.36. The Balaban J connectivity index is 2.30. The van der Waals surface area contributed by atoms with Gasteiger partial charge in [0.1, 0.15) is 12.2 Å². The van der Waals surface area contributed by atoms with Gasteiger partial charge in [0.05, 0.1) is 0 Å². The van der Waals surface area contributed by atoms with Gasteiger partial charge < -0.3 is 5.32 Å². The summed E-state index contributed by atoms with van der Waals surface area (Å²) in [5, 5.41) is 8.73. The van der Waals surface area contributed by atoms with Crippen LogP contribution in [0, 0.1) is 0 Å². The number of rotatable bonds is 5. The van der Waals surface area contributed by atoms with Crippen LogP contribution in [0.15, 0.2) is 24.5 Å². The number of aromatic nitrogens is 3. The lowest BCUT2D eigenvalue weighted by molar-refractivity contribution is 0.534. The fourth-order valence-corrected chi connectivity index (χ4v) is 2.75. The molecule has 0 radical (unpaired) electrons. The molecular weight excluding hydrogens is 283 g/mol. The summed E-state index contributed by atoms with van der Waals surface area (Å²) in [4.78, 5) is 4.29. The second-order valence-corrected chi connectivity index (χ2v) is 4.99. The van der Waals surface area contributed by atoms with Crippen LogP contribution in [0.3, 0.4) is 0 Å². The number of halogens is 2. The quantitative estimate of drug-likeness (QED) is 0.922. The van der Waals surface area contributed by atoms with E-state index >= 15 is 0 Å². The first kappa shape index (κ1) is 14.3. The Morgan fingerprint density at radius 2 is 2.00 bits per heavy atom. The summed E-state index contributed by atoms with van der Waals surface area (Å²) in [5.41, 5.74) is 0.902. The number of nitrogens with zero attached hydrogens (tertiary/aromatic N) is 3. The average Bonchev–Trinajstić information content (AvgIpc) is 2.84. The lowest BCUT2D eigenvalue weighted by atomic mass is 10.0. The topological polar surface area (TPSA) is 42.7 Å². The maximum absolute atomic E-state index is 6.25. The third-order valence-electron chi connectivity index (χ3n) is 3.08. The third kappa shape index (κ3) is 3.08. The molecule has 1 aromatic carbocycles. The van der Waals surface area contributed by atoms with Crippen LogP contribution in [0.25, 0.3) is 0 Å². The molecule has 0 fully saturated rings. The molecule has 0 spiro atoms. The molecule has 1 heterocycles. The minimum atomic E-state index is 0.00991. The summed E-state index contributed by atoms with van der Waals surface area (Å²) in [6.07, 6.45) is 2.26. The van der Waals surface area contributed by atoms with Gasteiger partial charge in [0, 0.05) is 34.6 Å². The zero-order valence-corrected chi connectivity index (χ0v) is 12.4. The largest absolute Gasteiger partial charge is 0.313 e. The minimum absolute atomic E-state index is 0.00991. The maximum Gasteiger partial charge on any atom is 0.138 e. The van der Waals surface area contributed by atoms with Crippen molar-refractivity contribution >= 4 is 23.2 Å². The van der Waals surface area contributed by atoms with Gasteiger partial charge in [-0.15, -0.1) is 0 Å². The molecule has 102 valence electrons. The highest BCUT2D eigenvalue weighted by atomic mass is 35.5. The summed E-state index contributed by atoms with van der Waals surface area (Å²) >= 11 is 12.5. The van der Waals surface area contributed by atoms with Gasteiger partial charge in [-0.1, -0.05) is 29.3 Å². The predicted octanol–water partition coefficient (Wildman–Crippen LogP) is 3.11. The predicted molar refractivity (Wildman–Crippen MR) is 77.7 cm³/mol. The standard InChI is InChI=1S/C13H16Cl2N4/c1-3-19-12(17-8-18-19)7-11(16-2)13-9(14)5-4-6-10(13)15/h4-6,8,11,16H,3,7H2,1-2H3. The number of hydrogen-bond acceptors (Lipinski definition) is 3. The van der Waals surface area contributed by atoms with Gasteiger partial charge >= 0.3 is 0 Å². The van der Waals surface area contributed by atoms with Gasteiger partial charge in [-0.3, -0.25) is 4.68 Å². The number of nitrogens with one attached hydrogen (secondary N) is 1. The molecule has 2 aromatic rings. The molecule has 1 atom stereocenters. The van der Waals surface area contributed by atoms with Gasteiger partial charge in [0.2, 0.25) is 0 Å². The molecular formula is C13H16Cl2N4. The highest BCUT2D eigenvalue weighted by Gasteiger charge is 2.19. The van der Waals surface area contributed by atoms with Crippen molar-refractivity contribution in [2.24, 2.45) is 0 Å². The molecule has 1 aromatic heterocycles. The minimum Gasteiger partial charge on any atom is -0.313 e. The molecule has 0 aliphatic rings. The Hall–Kier alpha value is -1.10.